The molecular weight excluding hydrogens is 344 g/mol. The molecule has 8 heteroatoms. The van der Waals surface area contributed by atoms with Gasteiger partial charge in [0.2, 0.25) is 5.91 Å². The third-order valence-electron chi connectivity index (χ3n) is 3.05. The summed E-state index contributed by atoms with van der Waals surface area (Å²) >= 11 is 5.95. The van der Waals surface area contributed by atoms with Gasteiger partial charge in [-0.25, -0.2) is 0 Å². The number of amides is 2. The number of nitrogens with two attached hydrogens (primary N) is 1. The predicted molar refractivity (Wildman–Crippen MR) is 99.3 cm³/mol. The van der Waals surface area contributed by atoms with Gasteiger partial charge in [0.1, 0.15) is 5.84 Å². The number of amidine groups is 1. The molecule has 136 valence electrons. The Morgan fingerprint density at radius 3 is 2.68 bits per heavy atom. The van der Waals surface area contributed by atoms with Crippen LogP contribution in [0.3, 0.4) is 0 Å². The number of benzene rings is 1. The van der Waals surface area contributed by atoms with Gasteiger partial charge in [-0.15, -0.1) is 0 Å². The SMILES string of the molecule is C=C(C)CN(CC)C(=O)CON=C(N)CC(=O)Nc1ccccc1Cl. The zero-order chi connectivity index (χ0) is 18.8. The van der Waals surface area contributed by atoms with E-state index in [1.807, 2.05) is 13.8 Å². The molecule has 0 spiro atoms. The van der Waals surface area contributed by atoms with Gasteiger partial charge in [-0.3, -0.25) is 9.59 Å². The molecule has 0 heterocycles. The van der Waals surface area contributed by atoms with E-state index in [4.69, 9.17) is 22.2 Å². The molecule has 1 rings (SSSR count). The predicted octanol–water partition coefficient (Wildman–Crippen LogP) is 2.38. The summed E-state index contributed by atoms with van der Waals surface area (Å²) in [6, 6.07) is 6.83. The number of anilines is 1. The van der Waals surface area contributed by atoms with Crippen LogP contribution in [0.2, 0.25) is 5.02 Å². The Kier molecular flexibility index (Phi) is 8.49. The molecule has 0 aromatic heterocycles. The Balaban J connectivity index is 2.45. The van der Waals surface area contributed by atoms with E-state index in [1.54, 1.807) is 29.2 Å². The molecule has 0 bridgehead atoms. The first-order chi connectivity index (χ1) is 11.8. The van der Waals surface area contributed by atoms with Gasteiger partial charge < -0.3 is 20.8 Å². The number of rotatable bonds is 9. The van der Waals surface area contributed by atoms with Gasteiger partial charge in [-0.05, 0) is 26.0 Å². The fourth-order valence-electron chi connectivity index (χ4n) is 1.92. The lowest BCUT2D eigenvalue weighted by Crippen LogP contribution is -2.34. The molecule has 0 saturated carbocycles. The smallest absolute Gasteiger partial charge is 0.263 e. The van der Waals surface area contributed by atoms with Crippen molar-refractivity contribution in [2.45, 2.75) is 20.3 Å². The third kappa shape index (κ3) is 7.71. The first-order valence-corrected chi connectivity index (χ1v) is 8.12. The molecule has 0 aliphatic carbocycles. The van der Waals surface area contributed by atoms with Crippen molar-refractivity contribution in [1.29, 1.82) is 0 Å². The van der Waals surface area contributed by atoms with Crippen LogP contribution < -0.4 is 11.1 Å². The quantitative estimate of drug-likeness (QED) is 0.303. The van der Waals surface area contributed by atoms with Crippen LogP contribution in [0.1, 0.15) is 20.3 Å². The number of carbonyl (C=O) groups excluding carboxylic acids is 2. The zero-order valence-corrected chi connectivity index (χ0v) is 15.2. The summed E-state index contributed by atoms with van der Waals surface area (Å²) in [5, 5.41) is 6.63. The summed E-state index contributed by atoms with van der Waals surface area (Å²) in [7, 11) is 0. The lowest BCUT2D eigenvalue weighted by Gasteiger charge is -2.20. The number of oxime groups is 1. The number of nitrogens with one attached hydrogen (secondary N) is 1. The largest absolute Gasteiger partial charge is 0.384 e. The average Bonchev–Trinajstić information content (AvgIpc) is 2.54. The molecule has 0 aliphatic heterocycles. The van der Waals surface area contributed by atoms with Crippen molar-refractivity contribution in [1.82, 2.24) is 4.90 Å². The van der Waals surface area contributed by atoms with Gasteiger partial charge >= 0.3 is 0 Å². The molecule has 0 fully saturated rings. The van der Waals surface area contributed by atoms with Crippen LogP contribution >= 0.6 is 11.6 Å². The monoisotopic (exact) mass is 366 g/mol. The minimum atomic E-state index is -0.387. The molecule has 0 aliphatic rings. The summed E-state index contributed by atoms with van der Waals surface area (Å²) < 4.78 is 0. The molecule has 0 radical (unpaired) electrons. The number of halogens is 1. The lowest BCUT2D eigenvalue weighted by atomic mass is 10.3. The zero-order valence-electron chi connectivity index (χ0n) is 14.4. The molecule has 7 nitrogen and oxygen atoms in total. The summed E-state index contributed by atoms with van der Waals surface area (Å²) in [6.45, 7) is 8.20. The van der Waals surface area contributed by atoms with E-state index in [2.05, 4.69) is 17.1 Å². The number of likely N-dealkylation sites (N-methyl/N-ethyl adjacent to an activating group) is 1. The fourth-order valence-corrected chi connectivity index (χ4v) is 2.10. The molecule has 3 N–H and O–H groups in total. The van der Waals surface area contributed by atoms with Crippen molar-refractivity contribution in [3.63, 3.8) is 0 Å². The minimum absolute atomic E-state index is 0.0414. The first-order valence-electron chi connectivity index (χ1n) is 7.74. The van der Waals surface area contributed by atoms with E-state index < -0.39 is 0 Å². The number of hydrogen-bond donors (Lipinski definition) is 2. The third-order valence-corrected chi connectivity index (χ3v) is 3.38. The highest BCUT2D eigenvalue weighted by Crippen LogP contribution is 2.20. The summed E-state index contributed by atoms with van der Waals surface area (Å²) in [5.74, 6) is -0.662. The van der Waals surface area contributed by atoms with Crippen molar-refractivity contribution in [2.24, 2.45) is 10.9 Å². The highest BCUT2D eigenvalue weighted by Gasteiger charge is 2.12. The van der Waals surface area contributed by atoms with Crippen molar-refractivity contribution in [3.05, 3.63) is 41.4 Å². The summed E-state index contributed by atoms with van der Waals surface area (Å²) in [4.78, 5) is 30.3. The first kappa shape index (κ1) is 20.5. The Morgan fingerprint density at radius 1 is 1.40 bits per heavy atom. The highest BCUT2D eigenvalue weighted by molar-refractivity contribution is 6.33. The van der Waals surface area contributed by atoms with Crippen LogP contribution in [0.25, 0.3) is 0 Å². The molecule has 1 aromatic rings. The number of para-hydroxylation sites is 1. The van der Waals surface area contributed by atoms with Gasteiger partial charge in [0.05, 0.1) is 17.1 Å². The van der Waals surface area contributed by atoms with Crippen LogP contribution in [0, 0.1) is 0 Å². The number of hydrogen-bond acceptors (Lipinski definition) is 4. The second-order valence-corrected chi connectivity index (χ2v) is 5.83. The topological polar surface area (TPSA) is 97.0 Å². The van der Waals surface area contributed by atoms with Crippen LogP contribution in [-0.2, 0) is 14.4 Å². The Labute approximate surface area is 152 Å². The maximum atomic E-state index is 11.9. The van der Waals surface area contributed by atoms with Crippen molar-refractivity contribution >= 4 is 34.9 Å². The maximum absolute atomic E-state index is 11.9. The van der Waals surface area contributed by atoms with Gasteiger partial charge in [0.25, 0.3) is 5.91 Å². The minimum Gasteiger partial charge on any atom is -0.384 e. The molecule has 0 saturated heterocycles. The molecular formula is C17H23ClN4O3. The molecule has 25 heavy (non-hydrogen) atoms. The second kappa shape index (κ2) is 10.4. The fraction of sp³-hybridized carbons (Fsp3) is 0.353. The normalized spacial score (nSPS) is 10.9. The van der Waals surface area contributed by atoms with E-state index in [0.29, 0.717) is 23.8 Å². The van der Waals surface area contributed by atoms with Crippen molar-refractivity contribution < 1.29 is 14.4 Å². The van der Waals surface area contributed by atoms with Crippen LogP contribution in [0.15, 0.2) is 41.6 Å². The second-order valence-electron chi connectivity index (χ2n) is 5.43. The standard InChI is InChI=1S/C17H23ClN4O3/c1-4-22(10-12(2)3)17(24)11-25-21-15(19)9-16(23)20-14-8-6-5-7-13(14)18/h5-8H,2,4,9-11H2,1,3H3,(H2,19,21)(H,20,23). The van der Waals surface area contributed by atoms with Crippen LogP contribution in [0.4, 0.5) is 5.69 Å². The van der Waals surface area contributed by atoms with Gasteiger partial charge in [-0.2, -0.15) is 0 Å². The Hall–Kier alpha value is -2.54. The van der Waals surface area contributed by atoms with Gasteiger partial charge in [0.15, 0.2) is 6.61 Å². The summed E-state index contributed by atoms with van der Waals surface area (Å²) in [6.07, 6.45) is -0.178. The highest BCUT2D eigenvalue weighted by atomic mass is 35.5. The molecule has 1 aromatic carbocycles. The van der Waals surface area contributed by atoms with Crippen LogP contribution in [-0.4, -0.2) is 42.2 Å². The van der Waals surface area contributed by atoms with Gasteiger partial charge in [-0.1, -0.05) is 41.0 Å². The Morgan fingerprint density at radius 2 is 2.08 bits per heavy atom. The van der Waals surface area contributed by atoms with E-state index in [1.165, 1.54) is 0 Å². The lowest BCUT2D eigenvalue weighted by molar-refractivity contribution is -0.135. The van der Waals surface area contributed by atoms with E-state index >= 15 is 0 Å². The number of nitrogens with zero attached hydrogens (tertiary/aromatic N) is 2. The van der Waals surface area contributed by atoms with E-state index in [-0.39, 0.29) is 30.7 Å². The van der Waals surface area contributed by atoms with E-state index in [0.717, 1.165) is 5.57 Å². The summed E-state index contributed by atoms with van der Waals surface area (Å²) in [5.41, 5.74) is 6.99. The Bertz CT molecular complexity index is 661. The van der Waals surface area contributed by atoms with Crippen molar-refractivity contribution in [3.8, 4) is 0 Å². The number of carbonyl (C=O) groups is 2. The van der Waals surface area contributed by atoms with Gasteiger partial charge in [0, 0.05) is 13.1 Å². The molecule has 0 unspecified atom stereocenters. The molecule has 0 atom stereocenters. The molecule has 2 amide bonds. The average molecular weight is 367 g/mol. The van der Waals surface area contributed by atoms with Crippen LogP contribution in [0.5, 0.6) is 0 Å². The maximum Gasteiger partial charge on any atom is 0.263 e. The van der Waals surface area contributed by atoms with Crippen molar-refractivity contribution in [2.75, 3.05) is 25.0 Å². The van der Waals surface area contributed by atoms with E-state index in [9.17, 15) is 9.59 Å².